The molecule has 1 rings (SSSR count). The summed E-state index contributed by atoms with van der Waals surface area (Å²) < 4.78 is 4.06. The van der Waals surface area contributed by atoms with Gasteiger partial charge in [0, 0.05) is 0 Å². The van der Waals surface area contributed by atoms with Crippen molar-refractivity contribution in [2.45, 2.75) is 19.3 Å². The number of nitrogens with zero attached hydrogens (tertiary/aromatic N) is 2. The van der Waals surface area contributed by atoms with Crippen molar-refractivity contribution in [3.63, 3.8) is 0 Å². The topological polar surface area (TPSA) is 100 Å². The summed E-state index contributed by atoms with van der Waals surface area (Å²) in [6.07, 6.45) is 3.82. The molecule has 0 amide bonds. The minimum Gasteiger partial charge on any atom is -0.356 e. The zero-order valence-corrected chi connectivity index (χ0v) is 7.79. The molecule has 1 N–H and O–H groups in total. The third-order valence-electron chi connectivity index (χ3n) is 1.58. The largest absolute Gasteiger partial charge is 0.356 e. The minimum atomic E-state index is -1.75. The number of nitrogens with one attached hydrogen (secondary N) is 1. The van der Waals surface area contributed by atoms with E-state index in [0.29, 0.717) is 0 Å². The number of quaternary nitrogens is 1. The summed E-state index contributed by atoms with van der Waals surface area (Å²) in [6.45, 7) is 2.22. The quantitative estimate of drug-likeness (QED) is 0.302. The summed E-state index contributed by atoms with van der Waals surface area (Å²) in [5, 5.41) is 14.8. The summed E-state index contributed by atoms with van der Waals surface area (Å²) in [5.41, 5.74) is 0. The molecule has 0 spiro atoms. The van der Waals surface area contributed by atoms with E-state index in [9.17, 15) is 4.91 Å². The van der Waals surface area contributed by atoms with Crippen LogP contribution < -0.4 is 4.31 Å². The molecule has 0 aromatic heterocycles. The van der Waals surface area contributed by atoms with Crippen molar-refractivity contribution < 1.29 is 9.39 Å². The average Bonchev–Trinajstić information content (AvgIpc) is 2.06. The second-order valence-corrected chi connectivity index (χ2v) is 3.40. The molecule has 76 valence electrons. The van der Waals surface area contributed by atoms with Crippen LogP contribution in [0.1, 0.15) is 19.3 Å². The number of hydrogen-bond acceptors (Lipinski definition) is 6. The molecule has 1 heterocycles. The third-order valence-corrected chi connectivity index (χ3v) is 2.32. The highest BCUT2D eigenvalue weighted by molar-refractivity contribution is 7.91. The average molecular weight is 209 g/mol. The molecular weight excluding hydrogens is 198 g/mol. The second kappa shape index (κ2) is 7.74. The van der Waals surface area contributed by atoms with Gasteiger partial charge in [0.2, 0.25) is 0 Å². The van der Waals surface area contributed by atoms with E-state index in [-0.39, 0.29) is 0 Å². The van der Waals surface area contributed by atoms with E-state index in [1.165, 1.54) is 23.6 Å². The Labute approximate surface area is 79.4 Å². The summed E-state index contributed by atoms with van der Waals surface area (Å²) >= 11 is 1.14. The van der Waals surface area contributed by atoms with Crippen LogP contribution in [0.25, 0.3) is 0 Å². The maximum atomic E-state index is 9.77. The van der Waals surface area contributed by atoms with Gasteiger partial charge in [0.15, 0.2) is 0 Å². The van der Waals surface area contributed by atoms with Crippen molar-refractivity contribution >= 4 is 12.1 Å². The Morgan fingerprint density at radius 3 is 2.08 bits per heavy atom. The lowest BCUT2D eigenvalue weighted by Crippen LogP contribution is -3.06. The van der Waals surface area contributed by atoms with E-state index in [2.05, 4.69) is 4.58 Å². The first-order valence-electron chi connectivity index (χ1n) is 3.82. The molecule has 0 bridgehead atoms. The van der Waals surface area contributed by atoms with Gasteiger partial charge in [-0.25, -0.2) is 4.31 Å². The van der Waals surface area contributed by atoms with E-state index < -0.39 is 5.09 Å². The van der Waals surface area contributed by atoms with E-state index in [0.717, 1.165) is 25.2 Å². The van der Waals surface area contributed by atoms with Gasteiger partial charge in [-0.15, -0.1) is 4.91 Å². The van der Waals surface area contributed by atoms with E-state index in [4.69, 9.17) is 15.3 Å². The Bertz CT molecular complexity index is 158. The highest BCUT2D eigenvalue weighted by atomic mass is 32.2. The van der Waals surface area contributed by atoms with Gasteiger partial charge in [-0.1, -0.05) is 0 Å². The molecule has 0 unspecified atom stereocenters. The summed E-state index contributed by atoms with van der Waals surface area (Å²) in [7, 11) is 0. The summed E-state index contributed by atoms with van der Waals surface area (Å²) in [6, 6.07) is 0. The van der Waals surface area contributed by atoms with Crippen LogP contribution in [-0.4, -0.2) is 18.2 Å². The van der Waals surface area contributed by atoms with Crippen LogP contribution in [0.15, 0.2) is 4.58 Å². The van der Waals surface area contributed by atoms with E-state index in [1.54, 1.807) is 0 Å². The molecule has 0 atom stereocenters. The third kappa shape index (κ3) is 9.02. The molecule has 1 fully saturated rings. The minimum absolute atomic E-state index is 1.11. The van der Waals surface area contributed by atoms with Crippen molar-refractivity contribution in [1.82, 2.24) is 0 Å². The van der Waals surface area contributed by atoms with Crippen LogP contribution in [0.3, 0.4) is 0 Å². The first-order chi connectivity index (χ1) is 6.16. The van der Waals surface area contributed by atoms with Crippen molar-refractivity contribution in [3.05, 3.63) is 20.2 Å². The van der Waals surface area contributed by atoms with Gasteiger partial charge in [-0.2, -0.15) is 0 Å². The van der Waals surface area contributed by atoms with Crippen molar-refractivity contribution in [2.24, 2.45) is 4.58 Å². The molecule has 13 heavy (non-hydrogen) atoms. The van der Waals surface area contributed by atoms with Crippen LogP contribution in [0, 0.1) is 20.2 Å². The Morgan fingerprint density at radius 2 is 1.69 bits per heavy atom. The molecule has 7 nitrogen and oxygen atoms in total. The molecule has 1 aliphatic heterocycles. The Kier molecular flexibility index (Phi) is 7.21. The molecule has 0 aromatic carbocycles. The SMILES string of the molecule is O=NS[NH+]1CCCCC1.O=[N+]([O-])[O-]. The lowest BCUT2D eigenvalue weighted by molar-refractivity contribution is -0.761. The predicted molar refractivity (Wildman–Crippen MR) is 48.3 cm³/mol. The smallest absolute Gasteiger partial charge is 0.262 e. The second-order valence-electron chi connectivity index (χ2n) is 2.49. The van der Waals surface area contributed by atoms with Crippen molar-refractivity contribution in [3.8, 4) is 0 Å². The zero-order chi connectivity index (χ0) is 10.1. The highest BCUT2D eigenvalue weighted by Gasteiger charge is 2.14. The van der Waals surface area contributed by atoms with Gasteiger partial charge in [0.05, 0.1) is 22.8 Å². The molecule has 8 heteroatoms. The lowest BCUT2D eigenvalue weighted by Gasteiger charge is -2.16. The zero-order valence-electron chi connectivity index (χ0n) is 6.97. The van der Waals surface area contributed by atoms with Crippen LogP contribution >= 0.6 is 12.1 Å². The van der Waals surface area contributed by atoms with Gasteiger partial charge in [0.25, 0.3) is 12.1 Å². The van der Waals surface area contributed by atoms with E-state index >= 15 is 0 Å². The maximum absolute atomic E-state index is 9.77. The van der Waals surface area contributed by atoms with E-state index in [1.807, 2.05) is 0 Å². The van der Waals surface area contributed by atoms with Crippen LogP contribution in [0.4, 0.5) is 0 Å². The monoisotopic (exact) mass is 209 g/mol. The summed E-state index contributed by atoms with van der Waals surface area (Å²) in [4.78, 5) is 18.0. The fourth-order valence-electron chi connectivity index (χ4n) is 1.09. The molecule has 0 radical (unpaired) electrons. The van der Waals surface area contributed by atoms with Gasteiger partial charge >= 0.3 is 0 Å². The van der Waals surface area contributed by atoms with Crippen LogP contribution in [0.5, 0.6) is 0 Å². The highest BCUT2D eigenvalue weighted by Crippen LogP contribution is 1.98. The molecule has 0 aliphatic carbocycles. The fraction of sp³-hybridized carbons (Fsp3) is 1.00. The molecular formula is C5H11N3O4S. The number of nitroso groups, excluding NO2 is 1. The molecule has 0 aromatic rings. The predicted octanol–water partition coefficient (Wildman–Crippen LogP) is 0.146. The number of rotatable bonds is 2. The molecule has 1 saturated heterocycles. The first-order valence-corrected chi connectivity index (χ1v) is 4.60. The van der Waals surface area contributed by atoms with Crippen LogP contribution in [-0.2, 0) is 0 Å². The van der Waals surface area contributed by atoms with Crippen molar-refractivity contribution in [2.75, 3.05) is 13.1 Å². The Morgan fingerprint density at radius 1 is 1.23 bits per heavy atom. The fourth-order valence-corrected chi connectivity index (χ4v) is 1.67. The Balaban J connectivity index is 0.000000310. The first kappa shape index (κ1) is 12.1. The molecule has 0 saturated carbocycles. The summed E-state index contributed by atoms with van der Waals surface area (Å²) in [5.74, 6) is 0. The van der Waals surface area contributed by atoms with Crippen molar-refractivity contribution in [1.29, 1.82) is 0 Å². The van der Waals surface area contributed by atoms with Gasteiger partial charge < -0.3 is 15.3 Å². The number of piperidine rings is 1. The van der Waals surface area contributed by atoms with Crippen LogP contribution in [0.2, 0.25) is 0 Å². The molecule has 1 aliphatic rings. The maximum Gasteiger partial charge on any atom is 0.262 e. The van der Waals surface area contributed by atoms with Gasteiger partial charge in [-0.05, 0) is 19.3 Å². The Hall–Kier alpha value is -0.890. The van der Waals surface area contributed by atoms with Gasteiger partial charge in [-0.3, -0.25) is 0 Å². The normalized spacial score (nSPS) is 16.9. The number of hydrogen-bond donors (Lipinski definition) is 1. The standard InChI is InChI=1S/C5H10N2OS.NO3/c8-6-9-7-4-2-1-3-5-7;2-1(3)4/h1-5H2;/q;-1/p+1. The lowest BCUT2D eigenvalue weighted by atomic mass is 10.2. The van der Waals surface area contributed by atoms with Gasteiger partial charge in [0.1, 0.15) is 0 Å².